The van der Waals surface area contributed by atoms with Crippen LogP contribution in [0.5, 0.6) is 0 Å². The quantitative estimate of drug-likeness (QED) is 0.888. The van der Waals surface area contributed by atoms with Gasteiger partial charge in [0.15, 0.2) is 5.82 Å². The third-order valence-corrected chi connectivity index (χ3v) is 3.36. The van der Waals surface area contributed by atoms with Crippen molar-refractivity contribution in [2.24, 2.45) is 0 Å². The van der Waals surface area contributed by atoms with E-state index in [1.165, 1.54) is 19.3 Å². The van der Waals surface area contributed by atoms with Gasteiger partial charge in [-0.1, -0.05) is 29.6 Å². The molecule has 2 heterocycles. The van der Waals surface area contributed by atoms with E-state index >= 15 is 0 Å². The van der Waals surface area contributed by atoms with Gasteiger partial charge in [-0.2, -0.15) is 0 Å². The van der Waals surface area contributed by atoms with Crippen LogP contribution in [0.4, 0.5) is 11.6 Å². The molecule has 1 aromatic rings. The van der Waals surface area contributed by atoms with Crippen LogP contribution in [0.1, 0.15) is 19.3 Å². The van der Waals surface area contributed by atoms with E-state index in [9.17, 15) is 0 Å². The summed E-state index contributed by atoms with van der Waals surface area (Å²) in [7, 11) is 1.78. The van der Waals surface area contributed by atoms with E-state index in [2.05, 4.69) is 20.7 Å². The fraction of sp³-hybridized carbons (Fsp3) is 0.545. The van der Waals surface area contributed by atoms with Gasteiger partial charge in [0.25, 0.3) is 0 Å². The van der Waals surface area contributed by atoms with Gasteiger partial charge in [-0.25, -0.2) is 9.99 Å². The van der Waals surface area contributed by atoms with Crippen LogP contribution < -0.4 is 10.7 Å². The molecule has 1 aliphatic rings. The van der Waals surface area contributed by atoms with Gasteiger partial charge in [0.2, 0.25) is 0 Å². The summed E-state index contributed by atoms with van der Waals surface area (Å²) in [6, 6.07) is 1.70. The summed E-state index contributed by atoms with van der Waals surface area (Å²) in [4.78, 5) is 4.36. The van der Waals surface area contributed by atoms with Gasteiger partial charge in [0.1, 0.15) is 5.82 Å². The molecule has 2 N–H and O–H groups in total. The summed E-state index contributed by atoms with van der Waals surface area (Å²) < 4.78 is 0. The lowest BCUT2D eigenvalue weighted by Gasteiger charge is -2.27. The first kappa shape index (κ1) is 12.7. The van der Waals surface area contributed by atoms with Crippen molar-refractivity contribution in [1.82, 2.24) is 9.99 Å². The molecule has 0 atom stereocenters. The molecule has 0 aromatic carbocycles. The summed E-state index contributed by atoms with van der Waals surface area (Å²) in [6.45, 7) is 2.05. The van der Waals surface area contributed by atoms with Gasteiger partial charge in [-0.05, 0) is 18.9 Å². The Morgan fingerprint density at radius 2 is 1.76 bits per heavy atom. The van der Waals surface area contributed by atoms with Crippen molar-refractivity contribution in [3.63, 3.8) is 0 Å². The van der Waals surface area contributed by atoms with Crippen LogP contribution in [-0.4, -0.2) is 30.1 Å². The summed E-state index contributed by atoms with van der Waals surface area (Å²) in [5.41, 5.74) is 3.24. The SMILES string of the molecule is CNc1nc(NN2CCCCC2)c(Cl)cc1Cl. The molecule has 1 aliphatic heterocycles. The molecular formula is C11H16Cl2N4. The summed E-state index contributed by atoms with van der Waals surface area (Å²) in [6.07, 6.45) is 3.70. The van der Waals surface area contributed by atoms with Gasteiger partial charge in [0, 0.05) is 20.1 Å². The largest absolute Gasteiger partial charge is 0.372 e. The summed E-state index contributed by atoms with van der Waals surface area (Å²) >= 11 is 12.1. The molecule has 1 saturated heterocycles. The Labute approximate surface area is 111 Å². The number of aromatic nitrogens is 1. The molecular weight excluding hydrogens is 259 g/mol. The Bertz CT molecular complexity index is 391. The average molecular weight is 275 g/mol. The molecule has 1 fully saturated rings. The molecule has 17 heavy (non-hydrogen) atoms. The molecule has 0 bridgehead atoms. The van der Waals surface area contributed by atoms with Crippen molar-refractivity contribution >= 4 is 34.8 Å². The highest BCUT2D eigenvalue weighted by atomic mass is 35.5. The first-order chi connectivity index (χ1) is 8.20. The molecule has 0 unspecified atom stereocenters. The van der Waals surface area contributed by atoms with Crippen molar-refractivity contribution in [2.45, 2.75) is 19.3 Å². The zero-order valence-corrected chi connectivity index (χ0v) is 11.3. The van der Waals surface area contributed by atoms with Crippen LogP contribution >= 0.6 is 23.2 Å². The Kier molecular flexibility index (Phi) is 4.31. The van der Waals surface area contributed by atoms with Gasteiger partial charge >= 0.3 is 0 Å². The average Bonchev–Trinajstić information content (AvgIpc) is 2.34. The standard InChI is InChI=1S/C11H16Cl2N4/c1-14-10-8(12)7-9(13)11(15-10)16-17-5-3-2-4-6-17/h7H,2-6H2,1H3,(H2,14,15,16). The monoisotopic (exact) mass is 274 g/mol. The van der Waals surface area contributed by atoms with E-state index < -0.39 is 0 Å². The number of hydrogen-bond donors (Lipinski definition) is 2. The minimum absolute atomic E-state index is 0.529. The first-order valence-electron chi connectivity index (χ1n) is 5.76. The van der Waals surface area contributed by atoms with Crippen LogP contribution in [0.3, 0.4) is 0 Å². The van der Waals surface area contributed by atoms with E-state index in [0.29, 0.717) is 21.7 Å². The van der Waals surface area contributed by atoms with Crippen molar-refractivity contribution < 1.29 is 0 Å². The topological polar surface area (TPSA) is 40.2 Å². The van der Waals surface area contributed by atoms with E-state index in [1.807, 2.05) is 0 Å². The minimum Gasteiger partial charge on any atom is -0.372 e. The smallest absolute Gasteiger partial charge is 0.161 e. The van der Waals surface area contributed by atoms with Crippen molar-refractivity contribution in [1.29, 1.82) is 0 Å². The third kappa shape index (κ3) is 3.15. The zero-order chi connectivity index (χ0) is 12.3. The lowest BCUT2D eigenvalue weighted by Crippen LogP contribution is -2.35. The molecule has 1 aromatic heterocycles. The maximum Gasteiger partial charge on any atom is 0.161 e. The molecule has 0 aliphatic carbocycles. The van der Waals surface area contributed by atoms with Gasteiger partial charge in [0.05, 0.1) is 10.0 Å². The normalized spacial score (nSPS) is 16.9. The van der Waals surface area contributed by atoms with Crippen LogP contribution in [0.25, 0.3) is 0 Å². The van der Waals surface area contributed by atoms with E-state index in [0.717, 1.165) is 13.1 Å². The second-order valence-corrected chi connectivity index (χ2v) is 4.87. The second kappa shape index (κ2) is 5.76. The van der Waals surface area contributed by atoms with Gasteiger partial charge in [-0.15, -0.1) is 0 Å². The van der Waals surface area contributed by atoms with Gasteiger partial charge < -0.3 is 10.7 Å². The predicted octanol–water partition coefficient (Wildman–Crippen LogP) is 3.24. The molecule has 0 spiro atoms. The summed E-state index contributed by atoms with van der Waals surface area (Å²) in [5, 5.41) is 6.15. The Hall–Kier alpha value is -0.710. The van der Waals surface area contributed by atoms with Crippen LogP contribution in [0.15, 0.2) is 6.07 Å². The zero-order valence-electron chi connectivity index (χ0n) is 9.76. The first-order valence-corrected chi connectivity index (χ1v) is 6.51. The lowest BCUT2D eigenvalue weighted by molar-refractivity contribution is 0.272. The molecule has 2 rings (SSSR count). The summed E-state index contributed by atoms with van der Waals surface area (Å²) in [5.74, 6) is 1.29. The molecule has 4 nitrogen and oxygen atoms in total. The molecule has 94 valence electrons. The third-order valence-electron chi connectivity index (χ3n) is 2.79. The predicted molar refractivity (Wildman–Crippen MR) is 72.9 cm³/mol. The number of nitrogens with zero attached hydrogens (tertiary/aromatic N) is 2. The molecule has 0 saturated carbocycles. The van der Waals surface area contributed by atoms with Crippen molar-refractivity contribution in [3.8, 4) is 0 Å². The number of halogens is 2. The molecule has 0 amide bonds. The fourth-order valence-corrected chi connectivity index (χ4v) is 2.37. The van der Waals surface area contributed by atoms with Crippen molar-refractivity contribution in [3.05, 3.63) is 16.1 Å². The van der Waals surface area contributed by atoms with Gasteiger partial charge in [-0.3, -0.25) is 0 Å². The fourth-order valence-electron chi connectivity index (χ4n) is 1.88. The maximum absolute atomic E-state index is 6.11. The molecule has 6 heteroatoms. The number of piperidine rings is 1. The van der Waals surface area contributed by atoms with Crippen LogP contribution in [-0.2, 0) is 0 Å². The van der Waals surface area contributed by atoms with E-state index in [-0.39, 0.29) is 0 Å². The van der Waals surface area contributed by atoms with E-state index in [4.69, 9.17) is 23.2 Å². The number of pyridine rings is 1. The number of nitrogens with one attached hydrogen (secondary N) is 2. The Morgan fingerprint density at radius 3 is 2.41 bits per heavy atom. The van der Waals surface area contributed by atoms with Crippen molar-refractivity contribution in [2.75, 3.05) is 30.9 Å². The number of rotatable bonds is 3. The molecule has 0 radical (unpaired) electrons. The van der Waals surface area contributed by atoms with Crippen LogP contribution in [0, 0.1) is 0 Å². The Morgan fingerprint density at radius 1 is 1.12 bits per heavy atom. The maximum atomic E-state index is 6.11. The Balaban J connectivity index is 2.13. The van der Waals surface area contributed by atoms with E-state index in [1.54, 1.807) is 13.1 Å². The lowest BCUT2D eigenvalue weighted by atomic mass is 10.2. The number of hydrazine groups is 1. The highest BCUT2D eigenvalue weighted by molar-refractivity contribution is 6.37. The van der Waals surface area contributed by atoms with Crippen LogP contribution in [0.2, 0.25) is 10.0 Å². The number of hydrogen-bond acceptors (Lipinski definition) is 4. The highest BCUT2D eigenvalue weighted by Crippen LogP contribution is 2.29. The number of anilines is 2. The minimum atomic E-state index is 0.529. The second-order valence-electron chi connectivity index (χ2n) is 4.06. The highest BCUT2D eigenvalue weighted by Gasteiger charge is 2.14.